The first-order valence-corrected chi connectivity index (χ1v) is 43.8. The second-order valence-corrected chi connectivity index (χ2v) is 37.6. The van der Waals surface area contributed by atoms with E-state index in [9.17, 15) is 57.8 Å². The summed E-state index contributed by atoms with van der Waals surface area (Å²) in [5, 5.41) is 28.3. The van der Waals surface area contributed by atoms with E-state index in [4.69, 9.17) is 25.6 Å². The molecule has 95 heavy (non-hydrogen) atoms. The average Bonchev–Trinajstić information content (AvgIpc) is 1.50. The van der Waals surface area contributed by atoms with Crippen molar-refractivity contribution < 1.29 is 77.7 Å². The number of aliphatic carboxylic acids is 2. The molecule has 34 heteroatoms. The van der Waals surface area contributed by atoms with E-state index in [1.165, 1.54) is 0 Å². The van der Waals surface area contributed by atoms with Gasteiger partial charge in [-0.05, 0) is 462 Å². The topological polar surface area (TPSA) is 299 Å². The van der Waals surface area contributed by atoms with E-state index >= 15 is 0 Å². The number of carbonyl (C=O) groups excluding carboxylic acids is 8. The molecular weight excluding hydrogens is 2930 g/mol. The Morgan fingerprint density at radius 3 is 1.08 bits per heavy atom. The smallest absolute Gasteiger partial charge is 0.365 e. The number of carboxylic acid groups (broad SMARTS) is 3. The Balaban J connectivity index is 0.000000316. The Hall–Kier alpha value is 1.82. The molecule has 5 aromatic carbocycles. The van der Waals surface area contributed by atoms with E-state index < -0.39 is 59.4 Å². The number of anilines is 1. The molecule has 4 amide bonds. The van der Waals surface area contributed by atoms with Gasteiger partial charge in [0.2, 0.25) is 0 Å². The quantitative estimate of drug-likeness (QED) is 0.0244. The lowest BCUT2D eigenvalue weighted by Gasteiger charge is -2.20. The number of benzene rings is 5. The monoisotopic (exact) mass is 2990 g/mol. The summed E-state index contributed by atoms with van der Waals surface area (Å²) in [6.45, 7) is 8.79. The van der Waals surface area contributed by atoms with Crippen LogP contribution in [0, 0.1) is 71.3 Å². The maximum absolute atomic E-state index is 12.5. The number of nitrogen functional groups attached to an aromatic ring is 1. The number of ketones is 2. The molecule has 2 heterocycles. The Bertz CT molecular complexity index is 3800. The van der Waals surface area contributed by atoms with E-state index in [-0.39, 0.29) is 49.1 Å². The van der Waals surface area contributed by atoms with Crippen LogP contribution in [0.25, 0.3) is 0 Å². The molecule has 0 radical (unpaired) electrons. The Morgan fingerprint density at radius 2 is 0.737 bits per heavy atom. The van der Waals surface area contributed by atoms with Crippen molar-refractivity contribution in [2.45, 2.75) is 112 Å². The number of hydrogen-bond donors (Lipinski definition) is 4. The number of carbonyl (C=O) groups is 11. The first-order chi connectivity index (χ1) is 44.2. The van der Waals surface area contributed by atoms with Crippen molar-refractivity contribution in [3.05, 3.63) is 135 Å². The molecule has 3 atom stereocenters. The number of Topliss-reactive ketones (excluding diaryl/α,β-unsaturated/α-hetero) is 2. The summed E-state index contributed by atoms with van der Waals surface area (Å²) < 4.78 is 14.5. The molecule has 2 aliphatic rings. The zero-order chi connectivity index (χ0) is 72.4. The fourth-order valence-corrected chi connectivity index (χ4v) is 25.3. The SMILES string of the molecule is CCC(Cc1c(I)cc(I)c(CC(C)=O)c1I)C(=O)O.CCC(Cc1c(I)cc(I)c(CC(C)=O)c1I)C(=O)ON1C(=O)CCC1=O.CCC(Cc1c(I)cc(I)c(N)c1I)C(=O)O.O=C(O)c1cc(I)cc(I)c1I.O=C(ON1C(=O)CCC1=O)c1cc(I)cc(I)c1I. The van der Waals surface area contributed by atoms with Gasteiger partial charge in [-0.25, -0.2) is 14.4 Å². The van der Waals surface area contributed by atoms with Crippen LogP contribution in [-0.4, -0.2) is 90.5 Å². The van der Waals surface area contributed by atoms with Crippen LogP contribution in [0.3, 0.4) is 0 Å². The molecule has 5 N–H and O–H groups in total. The zero-order valence-electron chi connectivity index (χ0n) is 50.0. The Morgan fingerprint density at radius 1 is 0.421 bits per heavy atom. The van der Waals surface area contributed by atoms with E-state index in [1.807, 2.05) is 96.3 Å². The molecule has 3 unspecified atom stereocenters. The normalized spacial score (nSPS) is 13.4. The lowest BCUT2D eigenvalue weighted by atomic mass is 9.95. The number of nitrogens with zero attached hydrogens (tertiary/aromatic N) is 2. The van der Waals surface area contributed by atoms with E-state index in [0.29, 0.717) is 72.6 Å². The third kappa shape index (κ3) is 27.9. The van der Waals surface area contributed by atoms with Crippen molar-refractivity contribution >= 4 is 410 Å². The first kappa shape index (κ1) is 91.0. The molecule has 514 valence electrons. The predicted molar refractivity (Wildman–Crippen MR) is 485 cm³/mol. The Kier molecular flexibility index (Phi) is 42.2. The number of amides is 4. The second-order valence-electron chi connectivity index (χ2n) is 20.4. The van der Waals surface area contributed by atoms with E-state index in [2.05, 4.69) is 294 Å². The maximum Gasteiger partial charge on any atom is 0.365 e. The average molecular weight is 2990 g/mol. The summed E-state index contributed by atoms with van der Waals surface area (Å²) in [4.78, 5) is 137. The largest absolute Gasteiger partial charge is 0.481 e. The van der Waals surface area contributed by atoms with E-state index in [0.717, 1.165) is 87.1 Å². The van der Waals surface area contributed by atoms with Gasteiger partial charge in [0.25, 0.3) is 23.6 Å². The molecule has 19 nitrogen and oxygen atoms in total. The molecule has 2 aliphatic heterocycles. The second kappa shape index (κ2) is 44.1. The number of carboxylic acids is 3. The summed E-state index contributed by atoms with van der Waals surface area (Å²) in [7, 11) is 0. The number of aromatic carboxylic acids is 1. The molecule has 0 aliphatic carbocycles. The number of imide groups is 2. The van der Waals surface area contributed by atoms with Gasteiger partial charge in [0, 0.05) is 92.1 Å². The van der Waals surface area contributed by atoms with Crippen LogP contribution in [0.4, 0.5) is 5.69 Å². The van der Waals surface area contributed by atoms with Gasteiger partial charge in [-0.3, -0.25) is 38.4 Å². The van der Waals surface area contributed by atoms with Crippen molar-refractivity contribution in [1.82, 2.24) is 10.1 Å². The molecule has 5 aromatic rings. The van der Waals surface area contributed by atoms with Gasteiger partial charge in [-0.2, -0.15) is 0 Å². The van der Waals surface area contributed by atoms with Gasteiger partial charge in [-0.1, -0.05) is 20.8 Å². The summed E-state index contributed by atoms with van der Waals surface area (Å²) in [5.74, 6) is -6.55. The summed E-state index contributed by atoms with van der Waals surface area (Å²) in [5.41, 5.74) is 12.5. The number of nitrogens with two attached hydrogens (primary N) is 1. The van der Waals surface area contributed by atoms with Crippen LogP contribution in [0.2, 0.25) is 0 Å². The van der Waals surface area contributed by atoms with E-state index in [1.54, 1.807) is 26.0 Å². The van der Waals surface area contributed by atoms with Crippen molar-refractivity contribution in [1.29, 1.82) is 0 Å². The van der Waals surface area contributed by atoms with Gasteiger partial charge >= 0.3 is 29.8 Å². The van der Waals surface area contributed by atoms with Crippen LogP contribution < -0.4 is 5.73 Å². The van der Waals surface area contributed by atoms with Gasteiger partial charge in [0.05, 0.1) is 34.6 Å². The third-order valence-corrected chi connectivity index (χ3v) is 30.4. The van der Waals surface area contributed by atoms with Gasteiger partial charge in [-0.15, -0.1) is 10.1 Å². The predicted octanol–water partition coefficient (Wildman–Crippen LogP) is 17.7. The van der Waals surface area contributed by atoms with Crippen LogP contribution in [0.15, 0.2) is 42.5 Å². The number of hydroxylamine groups is 4. The van der Waals surface area contributed by atoms with Crippen molar-refractivity contribution in [3.8, 4) is 0 Å². The zero-order valence-corrected chi connectivity index (χ0v) is 82.4. The van der Waals surface area contributed by atoms with Crippen molar-refractivity contribution in [3.63, 3.8) is 0 Å². The summed E-state index contributed by atoms with van der Waals surface area (Å²) >= 11 is 32.6. The highest BCUT2D eigenvalue weighted by Crippen LogP contribution is 2.35. The highest BCUT2D eigenvalue weighted by atomic mass is 127. The molecule has 0 bridgehead atoms. The van der Waals surface area contributed by atoms with Crippen LogP contribution >= 0.6 is 339 Å². The highest BCUT2D eigenvalue weighted by Gasteiger charge is 2.36. The number of hydrogen-bond acceptors (Lipinski definition) is 14. The summed E-state index contributed by atoms with van der Waals surface area (Å²) in [6.07, 6.45) is 4.31. The molecule has 0 spiro atoms. The lowest BCUT2D eigenvalue weighted by molar-refractivity contribution is -0.200. The lowest BCUT2D eigenvalue weighted by Crippen LogP contribution is -2.35. The molecule has 2 saturated heterocycles. The van der Waals surface area contributed by atoms with Gasteiger partial charge in [0.1, 0.15) is 11.6 Å². The van der Waals surface area contributed by atoms with Crippen LogP contribution in [0.5, 0.6) is 0 Å². The van der Waals surface area contributed by atoms with Crippen molar-refractivity contribution in [2.24, 2.45) is 17.8 Å². The maximum atomic E-state index is 12.5. The fourth-order valence-electron chi connectivity index (χ4n) is 8.36. The standard InChI is InChI=1S/C18H18I3NO5.C14H15I3O3.C11H6I3NO4.C11H12I3NO2.C7H3I3O2/c1-3-10(18(26)27-22-15(24)4-5-16(22)25)7-12-14(20)8-13(19)11(17(12)21)6-9(2)23;1-3-8(14(19)20)5-10-12(16)6-11(15)9(13(10)17)4-7(2)18;12-5-3-6(10(14)7(13)4-5)11(18)19-15-8(16)1-2-9(15)17;1-2-5(11(16)17)3-6-7(12)4-8(13)10(15)9(6)14;8-3-1-4(7(11)12)6(10)5(9)2-3/h8,10H,3-7H2,1-2H3;6,8H,3-5H2,1-2H3,(H,19,20);3-4H,1-2H2;4-5H,2-3,15H2,1H3,(H,16,17);1-2H,(H,11,12). The minimum Gasteiger partial charge on any atom is -0.481 e. The highest BCUT2D eigenvalue weighted by molar-refractivity contribution is 14.1. The van der Waals surface area contributed by atoms with Crippen LogP contribution in [-0.2, 0) is 84.9 Å². The third-order valence-electron chi connectivity index (χ3n) is 13.5. The van der Waals surface area contributed by atoms with Gasteiger partial charge < -0.3 is 30.7 Å². The molecule has 7 rings (SSSR count). The molecule has 0 aromatic heterocycles. The van der Waals surface area contributed by atoms with Crippen molar-refractivity contribution in [2.75, 3.05) is 5.73 Å². The summed E-state index contributed by atoms with van der Waals surface area (Å²) in [6, 6.07) is 13.3. The Labute approximate surface area is 753 Å². The number of halogens is 15. The van der Waals surface area contributed by atoms with Crippen LogP contribution in [0.1, 0.15) is 128 Å². The minimum absolute atomic E-state index is 0.0736. The minimum atomic E-state index is -0.865. The molecular formula is C61H54I15N3O16. The fraction of sp³-hybridized carbons (Fsp3) is 0.328. The number of rotatable bonds is 20. The van der Waals surface area contributed by atoms with Gasteiger partial charge in [0.15, 0.2) is 0 Å². The molecule has 2 fully saturated rings. The molecule has 0 saturated carbocycles. The first-order valence-electron chi connectivity index (χ1n) is 27.6.